The summed E-state index contributed by atoms with van der Waals surface area (Å²) in [7, 11) is 0. The summed E-state index contributed by atoms with van der Waals surface area (Å²) in [5.41, 5.74) is 3.29. The summed E-state index contributed by atoms with van der Waals surface area (Å²) in [6.45, 7) is 6.07. The number of nitrogens with one attached hydrogen (secondary N) is 1. The van der Waals surface area contributed by atoms with Crippen molar-refractivity contribution in [3.63, 3.8) is 0 Å². The van der Waals surface area contributed by atoms with Crippen LogP contribution in [0.1, 0.15) is 43.9 Å². The van der Waals surface area contributed by atoms with Gasteiger partial charge >= 0.3 is 5.69 Å². The molecule has 2 N–H and O–H groups in total. The van der Waals surface area contributed by atoms with Crippen molar-refractivity contribution >= 4 is 0 Å². The van der Waals surface area contributed by atoms with Crippen LogP contribution >= 0.6 is 0 Å². The maximum atomic E-state index is 14.4. The summed E-state index contributed by atoms with van der Waals surface area (Å²) in [5, 5.41) is 13.5. The molecule has 0 aliphatic carbocycles. The number of halogens is 1. The minimum absolute atomic E-state index is 0.0326. The Hall–Kier alpha value is -2.90. The van der Waals surface area contributed by atoms with Crippen LogP contribution in [0.3, 0.4) is 0 Å². The van der Waals surface area contributed by atoms with Gasteiger partial charge in [-0.25, -0.2) is 9.18 Å². The highest BCUT2D eigenvalue weighted by atomic mass is 19.1. The van der Waals surface area contributed by atoms with Gasteiger partial charge in [-0.15, -0.1) is 0 Å². The fourth-order valence-electron chi connectivity index (χ4n) is 4.14. The Morgan fingerprint density at radius 2 is 1.81 bits per heavy atom. The number of rotatable bonds is 7. The number of ether oxygens (including phenoxy) is 1. The van der Waals surface area contributed by atoms with Crippen molar-refractivity contribution in [2.24, 2.45) is 0 Å². The van der Waals surface area contributed by atoms with Crippen LogP contribution in [0.25, 0.3) is 11.1 Å². The van der Waals surface area contributed by atoms with Crippen molar-refractivity contribution in [2.75, 3.05) is 13.2 Å². The number of nitrogens with zero attached hydrogens (tertiary/aromatic N) is 2. The van der Waals surface area contributed by atoms with Crippen molar-refractivity contribution in [1.82, 2.24) is 14.5 Å². The SMILES string of the molecule is CC(C)n1c(O)cn(Cc2ccc(-c3ccc(F)c(CNC4CCOCC4)c3)cc2)c1=O. The Labute approximate surface area is 187 Å². The van der Waals surface area contributed by atoms with Gasteiger partial charge < -0.3 is 15.2 Å². The van der Waals surface area contributed by atoms with Gasteiger partial charge in [0.15, 0.2) is 0 Å². The molecular formula is C25H30FN3O3. The van der Waals surface area contributed by atoms with Crippen LogP contribution in [0.15, 0.2) is 53.5 Å². The van der Waals surface area contributed by atoms with Crippen LogP contribution < -0.4 is 11.0 Å². The smallest absolute Gasteiger partial charge is 0.331 e. The maximum absolute atomic E-state index is 14.4. The first-order valence-electron chi connectivity index (χ1n) is 11.1. The highest BCUT2D eigenvalue weighted by molar-refractivity contribution is 5.64. The average Bonchev–Trinajstić information content (AvgIpc) is 3.07. The van der Waals surface area contributed by atoms with E-state index in [0.29, 0.717) is 24.7 Å². The molecule has 0 saturated carbocycles. The second-order valence-electron chi connectivity index (χ2n) is 8.63. The molecule has 0 amide bonds. The third-order valence-electron chi connectivity index (χ3n) is 5.97. The lowest BCUT2D eigenvalue weighted by Crippen LogP contribution is -2.34. The third-order valence-corrected chi connectivity index (χ3v) is 5.97. The first-order valence-corrected chi connectivity index (χ1v) is 11.1. The Morgan fingerprint density at radius 1 is 1.12 bits per heavy atom. The summed E-state index contributed by atoms with van der Waals surface area (Å²) >= 11 is 0. The molecule has 0 atom stereocenters. The van der Waals surface area contributed by atoms with Crippen LogP contribution in [0.5, 0.6) is 5.88 Å². The van der Waals surface area contributed by atoms with Gasteiger partial charge in [0, 0.05) is 37.4 Å². The molecule has 0 spiro atoms. The van der Waals surface area contributed by atoms with Crippen LogP contribution in [-0.4, -0.2) is 33.5 Å². The zero-order valence-corrected chi connectivity index (χ0v) is 18.6. The summed E-state index contributed by atoms with van der Waals surface area (Å²) < 4.78 is 22.6. The second kappa shape index (κ2) is 9.71. The Morgan fingerprint density at radius 3 is 2.47 bits per heavy atom. The minimum Gasteiger partial charge on any atom is -0.493 e. The highest BCUT2D eigenvalue weighted by Crippen LogP contribution is 2.24. The van der Waals surface area contributed by atoms with E-state index in [-0.39, 0.29) is 23.4 Å². The van der Waals surface area contributed by atoms with Gasteiger partial charge in [-0.3, -0.25) is 9.13 Å². The van der Waals surface area contributed by atoms with Gasteiger partial charge in [0.05, 0.1) is 12.7 Å². The monoisotopic (exact) mass is 439 g/mol. The van der Waals surface area contributed by atoms with Crippen molar-refractivity contribution in [1.29, 1.82) is 0 Å². The number of imidazole rings is 1. The van der Waals surface area contributed by atoms with Gasteiger partial charge in [-0.05, 0) is 55.5 Å². The van der Waals surface area contributed by atoms with Crippen LogP contribution in [0.2, 0.25) is 0 Å². The maximum Gasteiger partial charge on any atom is 0.331 e. The Balaban J connectivity index is 1.47. The van der Waals surface area contributed by atoms with Gasteiger partial charge in [0.2, 0.25) is 5.88 Å². The molecule has 6 nitrogen and oxygen atoms in total. The number of aromatic nitrogens is 2. The van der Waals surface area contributed by atoms with Gasteiger partial charge in [-0.2, -0.15) is 0 Å². The van der Waals surface area contributed by atoms with E-state index in [1.165, 1.54) is 21.4 Å². The van der Waals surface area contributed by atoms with E-state index in [1.54, 1.807) is 6.07 Å². The molecule has 0 unspecified atom stereocenters. The lowest BCUT2D eigenvalue weighted by molar-refractivity contribution is 0.0775. The fraction of sp³-hybridized carbons (Fsp3) is 0.400. The molecule has 1 aliphatic heterocycles. The lowest BCUT2D eigenvalue weighted by Gasteiger charge is -2.23. The Bertz CT molecular complexity index is 1110. The third kappa shape index (κ3) is 4.95. The molecule has 0 radical (unpaired) electrons. The number of benzene rings is 2. The predicted molar refractivity (Wildman–Crippen MR) is 122 cm³/mol. The van der Waals surface area contributed by atoms with E-state index in [0.717, 1.165) is 42.7 Å². The number of hydrogen-bond donors (Lipinski definition) is 2. The normalized spacial score (nSPS) is 14.9. The van der Waals surface area contributed by atoms with E-state index < -0.39 is 0 Å². The van der Waals surface area contributed by atoms with Crippen molar-refractivity contribution in [2.45, 2.75) is 51.9 Å². The molecule has 3 aromatic rings. The largest absolute Gasteiger partial charge is 0.493 e. The van der Waals surface area contributed by atoms with Crippen molar-refractivity contribution in [3.05, 3.63) is 76.1 Å². The number of hydrogen-bond acceptors (Lipinski definition) is 4. The molecule has 32 heavy (non-hydrogen) atoms. The predicted octanol–water partition coefficient (Wildman–Crippen LogP) is 4.06. The van der Waals surface area contributed by atoms with Crippen molar-refractivity contribution in [3.8, 4) is 17.0 Å². The summed E-state index contributed by atoms with van der Waals surface area (Å²) in [6.07, 6.45) is 3.36. The molecule has 7 heteroatoms. The van der Waals surface area contributed by atoms with Crippen LogP contribution in [-0.2, 0) is 17.8 Å². The van der Waals surface area contributed by atoms with E-state index >= 15 is 0 Å². The average molecular weight is 440 g/mol. The molecule has 2 aromatic carbocycles. The van der Waals surface area contributed by atoms with Crippen LogP contribution in [0, 0.1) is 5.82 Å². The molecule has 0 bridgehead atoms. The fourth-order valence-corrected chi connectivity index (χ4v) is 4.14. The molecule has 1 aromatic heterocycles. The molecular weight excluding hydrogens is 409 g/mol. The molecule has 170 valence electrons. The van der Waals surface area contributed by atoms with Gasteiger partial charge in [0.1, 0.15) is 5.82 Å². The second-order valence-corrected chi connectivity index (χ2v) is 8.63. The lowest BCUT2D eigenvalue weighted by atomic mass is 10.0. The van der Waals surface area contributed by atoms with E-state index in [9.17, 15) is 14.3 Å². The molecule has 2 heterocycles. The van der Waals surface area contributed by atoms with E-state index in [4.69, 9.17) is 4.74 Å². The van der Waals surface area contributed by atoms with Crippen LogP contribution in [0.4, 0.5) is 4.39 Å². The van der Waals surface area contributed by atoms with Gasteiger partial charge in [-0.1, -0.05) is 30.3 Å². The highest BCUT2D eigenvalue weighted by Gasteiger charge is 2.15. The molecule has 1 saturated heterocycles. The number of aromatic hydroxyl groups is 1. The van der Waals surface area contributed by atoms with Gasteiger partial charge in [0.25, 0.3) is 0 Å². The topological polar surface area (TPSA) is 68.4 Å². The standard InChI is InChI=1S/C25H30FN3O3/c1-17(2)29-24(30)16-28(25(29)31)15-18-3-5-19(6-4-18)20-7-8-23(26)21(13-20)14-27-22-9-11-32-12-10-22/h3-8,13,16-17,22,27,30H,9-12,14-15H2,1-2H3. The van der Waals surface area contributed by atoms with E-state index in [2.05, 4.69) is 5.32 Å². The zero-order chi connectivity index (χ0) is 22.7. The summed E-state index contributed by atoms with van der Waals surface area (Å²) in [4.78, 5) is 12.5. The first kappa shape index (κ1) is 22.3. The minimum atomic E-state index is -0.234. The summed E-state index contributed by atoms with van der Waals surface area (Å²) in [6, 6.07) is 13.3. The zero-order valence-electron chi connectivity index (χ0n) is 18.6. The first-order chi connectivity index (χ1) is 15.4. The van der Waals surface area contributed by atoms with E-state index in [1.807, 2.05) is 44.2 Å². The molecule has 1 fully saturated rings. The quantitative estimate of drug-likeness (QED) is 0.583. The van der Waals surface area contributed by atoms with Crippen molar-refractivity contribution < 1.29 is 14.2 Å². The Kier molecular flexibility index (Phi) is 6.77. The molecule has 4 rings (SSSR count). The summed E-state index contributed by atoms with van der Waals surface area (Å²) in [5.74, 6) is -0.242. The molecule has 1 aliphatic rings.